The molecule has 5 heteroatoms. The van der Waals surface area contributed by atoms with E-state index in [1.165, 1.54) is 19.3 Å². The van der Waals surface area contributed by atoms with Gasteiger partial charge in [0.25, 0.3) is 5.69 Å². The number of hydrogen-bond donors (Lipinski definition) is 1. The molecule has 1 aromatic carbocycles. The third-order valence-corrected chi connectivity index (χ3v) is 4.52. The van der Waals surface area contributed by atoms with Crippen LogP contribution in [0, 0.1) is 22.0 Å². The van der Waals surface area contributed by atoms with Crippen molar-refractivity contribution in [1.29, 1.82) is 0 Å². The lowest BCUT2D eigenvalue weighted by Crippen LogP contribution is -2.37. The van der Waals surface area contributed by atoms with E-state index in [1.54, 1.807) is 12.1 Å². The number of nitro benzene ring substituents is 1. The second-order valence-corrected chi connectivity index (χ2v) is 6.39. The van der Waals surface area contributed by atoms with Gasteiger partial charge in [0.15, 0.2) is 0 Å². The Labute approximate surface area is 121 Å². The van der Waals surface area contributed by atoms with Crippen molar-refractivity contribution in [3.05, 3.63) is 32.8 Å². The van der Waals surface area contributed by atoms with Crippen molar-refractivity contribution in [2.75, 3.05) is 5.32 Å². The van der Waals surface area contributed by atoms with E-state index in [1.807, 2.05) is 6.07 Å². The lowest BCUT2D eigenvalue weighted by Gasteiger charge is -2.35. The Balaban J connectivity index is 2.24. The molecule has 19 heavy (non-hydrogen) atoms. The van der Waals surface area contributed by atoms with Crippen molar-refractivity contribution >= 4 is 27.3 Å². The molecule has 1 fully saturated rings. The molecular formula is C14H19BrN2O2. The number of nitrogens with one attached hydrogen (secondary N) is 1. The fraction of sp³-hybridized carbons (Fsp3) is 0.571. The van der Waals surface area contributed by atoms with E-state index >= 15 is 0 Å². The summed E-state index contributed by atoms with van der Waals surface area (Å²) in [6.07, 6.45) is 3.63. The quantitative estimate of drug-likeness (QED) is 0.652. The minimum absolute atomic E-state index is 0.138. The molecule has 2 unspecified atom stereocenters. The number of anilines is 1. The SMILES string of the molecule is CC1CCCC(C)C1Nc1ccc(Br)cc1[N+](=O)[O-]. The van der Waals surface area contributed by atoms with E-state index in [9.17, 15) is 10.1 Å². The first-order valence-electron chi connectivity index (χ1n) is 6.69. The van der Waals surface area contributed by atoms with Crippen LogP contribution in [0.1, 0.15) is 33.1 Å². The first kappa shape index (κ1) is 14.3. The van der Waals surface area contributed by atoms with Crippen LogP contribution in [0.25, 0.3) is 0 Å². The molecule has 0 heterocycles. The largest absolute Gasteiger partial charge is 0.376 e. The van der Waals surface area contributed by atoms with Gasteiger partial charge in [0.1, 0.15) is 5.69 Å². The highest BCUT2D eigenvalue weighted by atomic mass is 79.9. The summed E-state index contributed by atoms with van der Waals surface area (Å²) in [4.78, 5) is 10.8. The number of benzene rings is 1. The number of rotatable bonds is 3. The molecule has 104 valence electrons. The molecule has 1 aromatic rings. The van der Waals surface area contributed by atoms with Crippen LogP contribution in [0.2, 0.25) is 0 Å². The molecule has 2 rings (SSSR count). The van der Waals surface area contributed by atoms with E-state index < -0.39 is 0 Å². The zero-order chi connectivity index (χ0) is 14.0. The van der Waals surface area contributed by atoms with Crippen molar-refractivity contribution in [2.45, 2.75) is 39.2 Å². The predicted molar refractivity (Wildman–Crippen MR) is 80.4 cm³/mol. The van der Waals surface area contributed by atoms with Gasteiger partial charge in [0.2, 0.25) is 0 Å². The van der Waals surface area contributed by atoms with E-state index in [0.717, 1.165) is 4.47 Å². The molecule has 1 aliphatic rings. The first-order chi connectivity index (χ1) is 8.99. The van der Waals surface area contributed by atoms with Gasteiger partial charge in [-0.15, -0.1) is 0 Å². The Morgan fingerprint density at radius 3 is 2.53 bits per heavy atom. The molecule has 0 spiro atoms. The van der Waals surface area contributed by atoms with Gasteiger partial charge in [-0.3, -0.25) is 10.1 Å². The van der Waals surface area contributed by atoms with Gasteiger partial charge in [0.05, 0.1) is 4.92 Å². The summed E-state index contributed by atoms with van der Waals surface area (Å²) in [6.45, 7) is 4.44. The van der Waals surface area contributed by atoms with Gasteiger partial charge in [-0.05, 0) is 36.8 Å². The smallest absolute Gasteiger partial charge is 0.293 e. The van der Waals surface area contributed by atoms with Crippen molar-refractivity contribution in [1.82, 2.24) is 0 Å². The molecule has 0 bridgehead atoms. The number of nitro groups is 1. The molecule has 1 aliphatic carbocycles. The number of hydrogen-bond acceptors (Lipinski definition) is 3. The summed E-state index contributed by atoms with van der Waals surface area (Å²) in [5.74, 6) is 1.10. The summed E-state index contributed by atoms with van der Waals surface area (Å²) in [5, 5.41) is 14.5. The fourth-order valence-corrected chi connectivity index (χ4v) is 3.27. The van der Waals surface area contributed by atoms with Gasteiger partial charge in [-0.1, -0.05) is 36.2 Å². The molecule has 0 amide bonds. The summed E-state index contributed by atoms with van der Waals surface area (Å²) in [5.41, 5.74) is 0.762. The first-order valence-corrected chi connectivity index (χ1v) is 7.49. The molecule has 0 aromatic heterocycles. The standard InChI is InChI=1S/C14H19BrN2O2/c1-9-4-3-5-10(2)14(9)16-12-7-6-11(15)8-13(12)17(18)19/h6-10,14,16H,3-5H2,1-2H3. The normalized spacial score (nSPS) is 27.0. The van der Waals surface area contributed by atoms with Gasteiger partial charge >= 0.3 is 0 Å². The van der Waals surface area contributed by atoms with Crippen molar-refractivity contribution in [3.8, 4) is 0 Å². The van der Waals surface area contributed by atoms with Gasteiger partial charge in [0, 0.05) is 16.6 Å². The van der Waals surface area contributed by atoms with Crippen LogP contribution in [0.5, 0.6) is 0 Å². The maximum atomic E-state index is 11.1. The van der Waals surface area contributed by atoms with Gasteiger partial charge in [-0.2, -0.15) is 0 Å². The highest BCUT2D eigenvalue weighted by Gasteiger charge is 2.29. The van der Waals surface area contributed by atoms with Crippen LogP contribution in [-0.2, 0) is 0 Å². The zero-order valence-corrected chi connectivity index (χ0v) is 12.8. The lowest BCUT2D eigenvalue weighted by atomic mass is 9.78. The second-order valence-electron chi connectivity index (χ2n) is 5.47. The lowest BCUT2D eigenvalue weighted by molar-refractivity contribution is -0.384. The molecule has 1 saturated carbocycles. The van der Waals surface area contributed by atoms with Crippen LogP contribution in [-0.4, -0.2) is 11.0 Å². The van der Waals surface area contributed by atoms with Crippen LogP contribution in [0.4, 0.5) is 11.4 Å². The van der Waals surface area contributed by atoms with Gasteiger partial charge < -0.3 is 5.32 Å². The van der Waals surface area contributed by atoms with E-state index in [0.29, 0.717) is 23.6 Å². The van der Waals surface area contributed by atoms with E-state index in [2.05, 4.69) is 35.1 Å². The predicted octanol–water partition coefficient (Wildman–Crippen LogP) is 4.59. The minimum atomic E-state index is -0.328. The van der Waals surface area contributed by atoms with Crippen LogP contribution >= 0.6 is 15.9 Å². The fourth-order valence-electron chi connectivity index (χ4n) is 2.92. The Morgan fingerprint density at radius 1 is 1.32 bits per heavy atom. The third-order valence-electron chi connectivity index (χ3n) is 4.02. The molecule has 2 atom stereocenters. The Kier molecular flexibility index (Phi) is 4.45. The average molecular weight is 327 g/mol. The van der Waals surface area contributed by atoms with E-state index in [4.69, 9.17) is 0 Å². The summed E-state index contributed by atoms with van der Waals surface area (Å²) in [7, 11) is 0. The topological polar surface area (TPSA) is 55.2 Å². The molecule has 1 N–H and O–H groups in total. The maximum absolute atomic E-state index is 11.1. The van der Waals surface area contributed by atoms with E-state index in [-0.39, 0.29) is 10.6 Å². The Bertz CT molecular complexity index is 469. The van der Waals surface area contributed by atoms with Crippen molar-refractivity contribution in [3.63, 3.8) is 0 Å². The highest BCUT2D eigenvalue weighted by Crippen LogP contribution is 2.35. The highest BCUT2D eigenvalue weighted by molar-refractivity contribution is 9.10. The third kappa shape index (κ3) is 3.26. The summed E-state index contributed by atoms with van der Waals surface area (Å²) < 4.78 is 0.731. The molecule has 0 radical (unpaired) electrons. The van der Waals surface area contributed by atoms with Crippen LogP contribution in [0.3, 0.4) is 0 Å². The van der Waals surface area contributed by atoms with Gasteiger partial charge in [-0.25, -0.2) is 0 Å². The molecule has 0 saturated heterocycles. The van der Waals surface area contributed by atoms with Crippen LogP contribution in [0.15, 0.2) is 22.7 Å². The van der Waals surface area contributed by atoms with Crippen molar-refractivity contribution < 1.29 is 4.92 Å². The summed E-state index contributed by atoms with van der Waals surface area (Å²) >= 11 is 3.28. The zero-order valence-electron chi connectivity index (χ0n) is 11.2. The summed E-state index contributed by atoms with van der Waals surface area (Å²) in [6, 6.07) is 5.50. The molecule has 0 aliphatic heterocycles. The Morgan fingerprint density at radius 2 is 1.95 bits per heavy atom. The number of nitrogens with zero attached hydrogens (tertiary/aromatic N) is 1. The number of halogens is 1. The average Bonchev–Trinajstić information content (AvgIpc) is 2.35. The molecule has 4 nitrogen and oxygen atoms in total. The second kappa shape index (κ2) is 5.90. The minimum Gasteiger partial charge on any atom is -0.376 e. The van der Waals surface area contributed by atoms with Crippen molar-refractivity contribution in [2.24, 2.45) is 11.8 Å². The molecular weight excluding hydrogens is 308 g/mol. The van der Waals surface area contributed by atoms with Crippen LogP contribution < -0.4 is 5.32 Å². The maximum Gasteiger partial charge on any atom is 0.293 e. The monoisotopic (exact) mass is 326 g/mol. The Hall–Kier alpha value is -1.10.